The first-order chi connectivity index (χ1) is 26.8. The lowest BCUT2D eigenvalue weighted by atomic mass is 10.0. The maximum absolute atomic E-state index is 13.8. The summed E-state index contributed by atoms with van der Waals surface area (Å²) in [5, 5.41) is 20.4. The minimum Gasteiger partial charge on any atom is -0.493 e. The molecule has 0 aromatic heterocycles. The first kappa shape index (κ1) is 44.6. The smallest absolute Gasteiger partial charge is 0.411 e. The molecule has 0 bridgehead atoms. The van der Waals surface area contributed by atoms with Crippen molar-refractivity contribution in [2.24, 2.45) is 5.92 Å². The van der Waals surface area contributed by atoms with Gasteiger partial charge in [-0.05, 0) is 62.3 Å². The maximum Gasteiger partial charge on any atom is 0.411 e. The molecule has 3 rings (SSSR count). The van der Waals surface area contributed by atoms with Crippen molar-refractivity contribution in [1.29, 1.82) is 0 Å². The Hall–Kier alpha value is -5.84. The van der Waals surface area contributed by atoms with Crippen molar-refractivity contribution in [3.8, 4) is 11.5 Å². The number of piperidine rings is 1. The van der Waals surface area contributed by atoms with Crippen LogP contribution in [0.2, 0.25) is 0 Å². The summed E-state index contributed by atoms with van der Waals surface area (Å²) in [6.07, 6.45) is 2.48. The number of anilines is 2. The van der Waals surface area contributed by atoms with E-state index in [-0.39, 0.29) is 67.6 Å². The fraction of sp³-hybridized carbons (Fsp3) is 0.487. The highest BCUT2D eigenvalue weighted by Crippen LogP contribution is 2.35. The Balaban J connectivity index is 1.66. The summed E-state index contributed by atoms with van der Waals surface area (Å²) < 4.78 is 26.4. The minimum absolute atomic E-state index is 0.0206. The Bertz CT molecular complexity index is 1680. The number of hydrogen-bond donors (Lipinski definition) is 5. The predicted octanol–water partition coefficient (Wildman–Crippen LogP) is 4.14. The van der Waals surface area contributed by atoms with Crippen molar-refractivity contribution in [3.63, 3.8) is 0 Å². The van der Waals surface area contributed by atoms with Crippen LogP contribution in [0, 0.1) is 5.92 Å². The second kappa shape index (κ2) is 22.5. The molecule has 1 aliphatic heterocycles. The van der Waals surface area contributed by atoms with E-state index in [1.54, 1.807) is 43.0 Å². The van der Waals surface area contributed by atoms with E-state index in [9.17, 15) is 33.9 Å². The SMILES string of the molecule is C=CCOC(=O)NC(C(=O)NC(C)C(=O)Nc1ccc(COC(=O)Nc2cc(OCCCC(=O)OC)c(OC)cc2C(=O)N2CCCC[C@H]2CO)cc1)C(C)C. The molecule has 0 saturated carbocycles. The Kier molecular flexibility index (Phi) is 17.9. The fourth-order valence-electron chi connectivity index (χ4n) is 5.66. The summed E-state index contributed by atoms with van der Waals surface area (Å²) in [6.45, 7) is 8.61. The van der Waals surface area contributed by atoms with Crippen LogP contribution in [-0.4, -0.2) is 105 Å². The number of hydrogen-bond acceptors (Lipinski definition) is 12. The minimum atomic E-state index is -0.952. The van der Waals surface area contributed by atoms with Gasteiger partial charge in [0.15, 0.2) is 11.5 Å². The number of amides is 5. The zero-order chi connectivity index (χ0) is 41.2. The first-order valence-electron chi connectivity index (χ1n) is 18.3. The van der Waals surface area contributed by atoms with Gasteiger partial charge in [0.1, 0.15) is 25.3 Å². The molecule has 0 spiro atoms. The third kappa shape index (κ3) is 13.5. The summed E-state index contributed by atoms with van der Waals surface area (Å²) in [7, 11) is 2.70. The van der Waals surface area contributed by atoms with Crippen molar-refractivity contribution in [2.45, 2.75) is 77.6 Å². The number of aliphatic hydroxyl groups excluding tert-OH is 1. The van der Waals surface area contributed by atoms with Crippen LogP contribution in [0.25, 0.3) is 0 Å². The normalized spacial score (nSPS) is 14.7. The number of aliphatic hydroxyl groups is 1. The van der Waals surface area contributed by atoms with Gasteiger partial charge in [-0.25, -0.2) is 9.59 Å². The van der Waals surface area contributed by atoms with E-state index in [0.717, 1.165) is 12.8 Å². The van der Waals surface area contributed by atoms with Gasteiger partial charge in [0.05, 0.1) is 44.7 Å². The molecular formula is C39H53N5O12. The van der Waals surface area contributed by atoms with Gasteiger partial charge in [0, 0.05) is 24.7 Å². The van der Waals surface area contributed by atoms with E-state index in [1.165, 1.54) is 39.4 Å². The summed E-state index contributed by atoms with van der Waals surface area (Å²) in [4.78, 5) is 77.7. The predicted molar refractivity (Wildman–Crippen MR) is 205 cm³/mol. The largest absolute Gasteiger partial charge is 0.493 e. The fourth-order valence-corrected chi connectivity index (χ4v) is 5.66. The number of esters is 1. The van der Waals surface area contributed by atoms with Gasteiger partial charge >= 0.3 is 18.2 Å². The molecule has 3 atom stereocenters. The van der Waals surface area contributed by atoms with Crippen LogP contribution in [0.1, 0.15) is 68.8 Å². The molecule has 56 heavy (non-hydrogen) atoms. The molecule has 17 heteroatoms. The van der Waals surface area contributed by atoms with Crippen LogP contribution in [0.15, 0.2) is 49.1 Å². The van der Waals surface area contributed by atoms with E-state index < -0.39 is 48.0 Å². The number of nitrogens with one attached hydrogen (secondary N) is 4. The highest BCUT2D eigenvalue weighted by atomic mass is 16.6. The van der Waals surface area contributed by atoms with Gasteiger partial charge in [-0.1, -0.05) is 38.6 Å². The van der Waals surface area contributed by atoms with E-state index in [4.69, 9.17) is 18.9 Å². The van der Waals surface area contributed by atoms with Crippen LogP contribution in [0.3, 0.4) is 0 Å². The number of rotatable bonds is 19. The van der Waals surface area contributed by atoms with Crippen LogP contribution in [0.4, 0.5) is 21.0 Å². The summed E-state index contributed by atoms with van der Waals surface area (Å²) in [5.41, 5.74) is 1.19. The lowest BCUT2D eigenvalue weighted by Gasteiger charge is -2.35. The lowest BCUT2D eigenvalue weighted by molar-refractivity contribution is -0.140. The molecule has 1 fully saturated rings. The standard InChI is InChI=1S/C39H53N5O12/c1-7-18-55-39(51)43-34(24(2)3)36(48)40-25(4)35(47)41-27-15-13-26(14-16-27)23-56-38(50)42-30-21-32(54-19-10-12-33(46)53-6)31(52-5)20-29(30)37(49)44-17-9-8-11-28(44)22-45/h7,13-16,20-21,24-25,28,34,45H,1,8-12,17-19,22-23H2,2-6H3,(H,40,48)(H,41,47)(H,42,50)(H,43,51)/t25?,28-,34?/m0/s1. The average Bonchev–Trinajstić information content (AvgIpc) is 3.19. The molecule has 2 unspecified atom stereocenters. The molecule has 306 valence electrons. The van der Waals surface area contributed by atoms with Crippen molar-refractivity contribution >= 4 is 47.3 Å². The number of alkyl carbamates (subject to hydrolysis) is 1. The van der Waals surface area contributed by atoms with Gasteiger partial charge in [0.25, 0.3) is 5.91 Å². The third-order valence-electron chi connectivity index (χ3n) is 8.78. The molecule has 2 aromatic carbocycles. The highest BCUT2D eigenvalue weighted by Gasteiger charge is 2.31. The number of likely N-dealkylation sites (tertiary alicyclic amines) is 1. The Morgan fingerprint density at radius 3 is 2.30 bits per heavy atom. The number of carbonyl (C=O) groups is 6. The topological polar surface area (TPSA) is 220 Å². The molecule has 0 aliphatic carbocycles. The van der Waals surface area contributed by atoms with Crippen molar-refractivity contribution < 1.29 is 57.6 Å². The molecule has 2 aromatic rings. The van der Waals surface area contributed by atoms with E-state index in [0.29, 0.717) is 30.6 Å². The van der Waals surface area contributed by atoms with Crippen LogP contribution in [0.5, 0.6) is 11.5 Å². The second-order valence-electron chi connectivity index (χ2n) is 13.3. The average molecular weight is 784 g/mol. The Morgan fingerprint density at radius 1 is 0.929 bits per heavy atom. The molecule has 1 heterocycles. The van der Waals surface area contributed by atoms with Gasteiger partial charge < -0.3 is 49.6 Å². The molecule has 5 amide bonds. The van der Waals surface area contributed by atoms with Crippen molar-refractivity contribution in [2.75, 3.05) is 51.2 Å². The highest BCUT2D eigenvalue weighted by molar-refractivity contribution is 6.04. The molecular weight excluding hydrogens is 730 g/mol. The third-order valence-corrected chi connectivity index (χ3v) is 8.78. The number of carbonyl (C=O) groups excluding carboxylic acids is 6. The zero-order valence-corrected chi connectivity index (χ0v) is 32.5. The van der Waals surface area contributed by atoms with E-state index in [1.807, 2.05) is 0 Å². The van der Waals surface area contributed by atoms with Gasteiger partial charge in [-0.15, -0.1) is 0 Å². The number of benzene rings is 2. The van der Waals surface area contributed by atoms with E-state index >= 15 is 0 Å². The van der Waals surface area contributed by atoms with Crippen LogP contribution >= 0.6 is 0 Å². The Labute approximate surface area is 326 Å². The monoisotopic (exact) mass is 783 g/mol. The molecule has 1 aliphatic rings. The van der Waals surface area contributed by atoms with E-state index in [2.05, 4.69) is 32.6 Å². The molecule has 17 nitrogen and oxygen atoms in total. The lowest BCUT2D eigenvalue weighted by Crippen LogP contribution is -2.53. The molecule has 1 saturated heterocycles. The summed E-state index contributed by atoms with van der Waals surface area (Å²) in [6, 6.07) is 7.08. The van der Waals surface area contributed by atoms with Crippen LogP contribution in [-0.2, 0) is 35.2 Å². The van der Waals surface area contributed by atoms with Gasteiger partial charge in [-0.2, -0.15) is 0 Å². The summed E-state index contributed by atoms with van der Waals surface area (Å²) in [5.74, 6) is -1.72. The van der Waals surface area contributed by atoms with Gasteiger partial charge in [0.2, 0.25) is 11.8 Å². The second-order valence-corrected chi connectivity index (χ2v) is 13.3. The number of methoxy groups -OCH3 is 2. The van der Waals surface area contributed by atoms with Gasteiger partial charge in [-0.3, -0.25) is 24.5 Å². The van der Waals surface area contributed by atoms with Crippen LogP contribution < -0.4 is 30.7 Å². The first-order valence-corrected chi connectivity index (χ1v) is 18.3. The summed E-state index contributed by atoms with van der Waals surface area (Å²) >= 11 is 0. The maximum atomic E-state index is 13.8. The Morgan fingerprint density at radius 2 is 1.66 bits per heavy atom. The molecule has 0 radical (unpaired) electrons. The number of nitrogens with zero attached hydrogens (tertiary/aromatic N) is 1. The number of ether oxygens (including phenoxy) is 5. The zero-order valence-electron chi connectivity index (χ0n) is 32.5. The van der Waals surface area contributed by atoms with Crippen molar-refractivity contribution in [1.82, 2.24) is 15.5 Å². The quantitative estimate of drug-likeness (QED) is 0.0588. The van der Waals surface area contributed by atoms with Crippen molar-refractivity contribution in [3.05, 3.63) is 60.2 Å². The molecule has 5 N–H and O–H groups in total.